The smallest absolute Gasteiger partial charge is 0.145 e. The van der Waals surface area contributed by atoms with E-state index in [1.807, 2.05) is 38.1 Å². The van der Waals surface area contributed by atoms with Gasteiger partial charge in [0, 0.05) is 11.6 Å². The van der Waals surface area contributed by atoms with E-state index in [0.29, 0.717) is 10.8 Å². The molecule has 0 spiro atoms. The zero-order valence-electron chi connectivity index (χ0n) is 14.6. The highest BCUT2D eigenvalue weighted by atomic mass is 35.5. The van der Waals surface area contributed by atoms with Crippen LogP contribution in [0.4, 0.5) is 0 Å². The van der Waals surface area contributed by atoms with Crippen molar-refractivity contribution in [3.05, 3.63) is 58.4 Å². The Balaban J connectivity index is 2.20. The Kier molecular flexibility index (Phi) is 3.65. The van der Waals surface area contributed by atoms with Gasteiger partial charge in [-0.2, -0.15) is 0 Å². The number of rotatable bonds is 2. The Bertz CT molecular complexity index is 1130. The van der Waals surface area contributed by atoms with Crippen LogP contribution in [0.3, 0.4) is 0 Å². The maximum Gasteiger partial charge on any atom is 0.145 e. The fourth-order valence-electron chi connectivity index (χ4n) is 3.38. The van der Waals surface area contributed by atoms with Crippen molar-refractivity contribution in [2.75, 3.05) is 7.11 Å². The Labute approximate surface area is 151 Å². The number of fused-ring (bicyclic) bond motifs is 3. The molecular formula is C20H18ClN3O. The van der Waals surface area contributed by atoms with Crippen LogP contribution in [0, 0.1) is 20.8 Å². The van der Waals surface area contributed by atoms with Crippen molar-refractivity contribution in [2.45, 2.75) is 20.8 Å². The van der Waals surface area contributed by atoms with Gasteiger partial charge in [0.25, 0.3) is 0 Å². The molecule has 0 unspecified atom stereocenters. The van der Waals surface area contributed by atoms with E-state index in [1.54, 1.807) is 7.11 Å². The molecule has 0 amide bonds. The predicted molar refractivity (Wildman–Crippen MR) is 102 cm³/mol. The van der Waals surface area contributed by atoms with Gasteiger partial charge in [-0.1, -0.05) is 35.9 Å². The van der Waals surface area contributed by atoms with Gasteiger partial charge in [0.05, 0.1) is 40.1 Å². The first-order valence-corrected chi connectivity index (χ1v) is 8.48. The molecular weight excluding hydrogens is 334 g/mol. The molecule has 0 radical (unpaired) electrons. The van der Waals surface area contributed by atoms with Gasteiger partial charge in [0.15, 0.2) is 0 Å². The highest BCUT2D eigenvalue weighted by Crippen LogP contribution is 2.34. The number of ether oxygens (including phenoxy) is 1. The van der Waals surface area contributed by atoms with Crippen LogP contribution in [0.2, 0.25) is 5.02 Å². The van der Waals surface area contributed by atoms with Gasteiger partial charge in [-0.25, -0.2) is 9.97 Å². The summed E-state index contributed by atoms with van der Waals surface area (Å²) in [7, 11) is 1.61. The average Bonchev–Trinajstić information content (AvgIpc) is 2.94. The predicted octanol–water partition coefficient (Wildman–Crippen LogP) is 5.14. The lowest BCUT2D eigenvalue weighted by Crippen LogP contribution is -1.99. The lowest BCUT2D eigenvalue weighted by molar-refractivity contribution is 0.415. The summed E-state index contributed by atoms with van der Waals surface area (Å²) in [5, 5.41) is 0.559. The number of hydrogen-bond donors (Lipinski definition) is 0. The Morgan fingerprint density at radius 2 is 1.72 bits per heavy atom. The normalized spacial score (nSPS) is 11.4. The van der Waals surface area contributed by atoms with Crippen LogP contribution >= 0.6 is 11.6 Å². The van der Waals surface area contributed by atoms with Gasteiger partial charge in [-0.15, -0.1) is 0 Å². The van der Waals surface area contributed by atoms with E-state index in [0.717, 1.165) is 39.3 Å². The van der Waals surface area contributed by atoms with Crippen LogP contribution in [0.1, 0.15) is 17.0 Å². The third-order valence-corrected chi connectivity index (χ3v) is 4.85. The summed E-state index contributed by atoms with van der Waals surface area (Å²) >= 11 is 6.39. The van der Waals surface area contributed by atoms with Crippen molar-refractivity contribution >= 4 is 28.2 Å². The molecule has 0 aliphatic carbocycles. The lowest BCUT2D eigenvalue weighted by atomic mass is 10.1. The molecule has 25 heavy (non-hydrogen) atoms. The molecule has 0 N–H and O–H groups in total. The molecule has 0 saturated heterocycles. The van der Waals surface area contributed by atoms with Crippen LogP contribution in [-0.2, 0) is 0 Å². The monoisotopic (exact) mass is 351 g/mol. The Morgan fingerprint density at radius 3 is 2.44 bits per heavy atom. The molecule has 126 valence electrons. The number of benzene rings is 2. The summed E-state index contributed by atoms with van der Waals surface area (Å²) in [6.45, 7) is 6.12. The number of aromatic nitrogens is 3. The minimum absolute atomic E-state index is 0.559. The maximum absolute atomic E-state index is 6.39. The summed E-state index contributed by atoms with van der Waals surface area (Å²) in [4.78, 5) is 9.60. The van der Waals surface area contributed by atoms with Gasteiger partial charge in [0.2, 0.25) is 0 Å². The SMILES string of the molecule is COc1cc2nc(C)c3c(C)nc(-c4ccccc4C)n3c2cc1Cl. The largest absolute Gasteiger partial charge is 0.495 e. The molecule has 4 aromatic rings. The molecule has 2 aromatic carbocycles. The van der Waals surface area contributed by atoms with E-state index in [1.165, 1.54) is 5.56 Å². The fraction of sp³-hybridized carbons (Fsp3) is 0.200. The van der Waals surface area contributed by atoms with Crippen molar-refractivity contribution in [1.29, 1.82) is 0 Å². The second-order valence-electron chi connectivity index (χ2n) is 6.19. The molecule has 2 heterocycles. The molecule has 4 rings (SSSR count). The summed E-state index contributed by atoms with van der Waals surface area (Å²) in [6.07, 6.45) is 0. The van der Waals surface area contributed by atoms with E-state index in [4.69, 9.17) is 26.3 Å². The number of imidazole rings is 1. The Hall–Kier alpha value is -2.59. The zero-order chi connectivity index (χ0) is 17.7. The van der Waals surface area contributed by atoms with Crippen molar-refractivity contribution < 1.29 is 4.74 Å². The van der Waals surface area contributed by atoms with E-state index in [2.05, 4.69) is 23.5 Å². The Morgan fingerprint density at radius 1 is 1.00 bits per heavy atom. The second kappa shape index (κ2) is 5.74. The maximum atomic E-state index is 6.39. The standard InChI is InChI=1S/C20H18ClN3O/c1-11-7-5-6-8-14(11)20-23-13(3)19-12(2)22-16-10-18(25-4)15(21)9-17(16)24(19)20/h5-10H,1-4H3. The molecule has 0 bridgehead atoms. The first-order valence-electron chi connectivity index (χ1n) is 8.10. The van der Waals surface area contributed by atoms with Crippen molar-refractivity contribution in [3.8, 4) is 17.1 Å². The van der Waals surface area contributed by atoms with Crippen LogP contribution in [-0.4, -0.2) is 21.5 Å². The van der Waals surface area contributed by atoms with Crippen LogP contribution < -0.4 is 4.74 Å². The summed E-state index contributed by atoms with van der Waals surface area (Å²) < 4.78 is 7.50. The van der Waals surface area contributed by atoms with E-state index in [-0.39, 0.29) is 0 Å². The molecule has 2 aromatic heterocycles. The summed E-state index contributed by atoms with van der Waals surface area (Å²) in [5.41, 5.74) is 6.94. The number of aryl methyl sites for hydroxylation is 3. The van der Waals surface area contributed by atoms with Gasteiger partial charge in [-0.05, 0) is 32.4 Å². The third kappa shape index (κ3) is 2.36. The molecule has 0 aliphatic rings. The summed E-state index contributed by atoms with van der Waals surface area (Å²) in [5.74, 6) is 1.53. The van der Waals surface area contributed by atoms with E-state index >= 15 is 0 Å². The molecule has 0 fully saturated rings. The topological polar surface area (TPSA) is 39.4 Å². The number of hydrogen-bond acceptors (Lipinski definition) is 3. The van der Waals surface area contributed by atoms with Crippen molar-refractivity contribution in [2.24, 2.45) is 0 Å². The molecule has 0 saturated carbocycles. The van der Waals surface area contributed by atoms with E-state index in [9.17, 15) is 0 Å². The van der Waals surface area contributed by atoms with E-state index < -0.39 is 0 Å². The van der Waals surface area contributed by atoms with Gasteiger partial charge >= 0.3 is 0 Å². The molecule has 0 atom stereocenters. The van der Waals surface area contributed by atoms with Crippen molar-refractivity contribution in [1.82, 2.24) is 14.4 Å². The zero-order valence-corrected chi connectivity index (χ0v) is 15.3. The number of methoxy groups -OCH3 is 1. The molecule has 4 nitrogen and oxygen atoms in total. The van der Waals surface area contributed by atoms with Crippen molar-refractivity contribution in [3.63, 3.8) is 0 Å². The first-order chi connectivity index (χ1) is 12.0. The minimum Gasteiger partial charge on any atom is -0.495 e. The average molecular weight is 352 g/mol. The number of nitrogens with zero attached hydrogens (tertiary/aromatic N) is 3. The highest BCUT2D eigenvalue weighted by Gasteiger charge is 2.18. The quantitative estimate of drug-likeness (QED) is 0.502. The second-order valence-corrected chi connectivity index (χ2v) is 6.60. The van der Waals surface area contributed by atoms with Gasteiger partial charge < -0.3 is 4.74 Å². The third-order valence-electron chi connectivity index (χ3n) is 4.56. The van der Waals surface area contributed by atoms with Crippen LogP contribution in [0.15, 0.2) is 36.4 Å². The van der Waals surface area contributed by atoms with Gasteiger partial charge in [0.1, 0.15) is 11.6 Å². The minimum atomic E-state index is 0.559. The van der Waals surface area contributed by atoms with Crippen LogP contribution in [0.5, 0.6) is 5.75 Å². The summed E-state index contributed by atoms with van der Waals surface area (Å²) in [6, 6.07) is 12.0. The number of halogens is 1. The first kappa shape index (κ1) is 15.9. The highest BCUT2D eigenvalue weighted by molar-refractivity contribution is 6.32. The molecule has 5 heteroatoms. The fourth-order valence-corrected chi connectivity index (χ4v) is 3.62. The van der Waals surface area contributed by atoms with Gasteiger partial charge in [-0.3, -0.25) is 4.40 Å². The van der Waals surface area contributed by atoms with Crippen LogP contribution in [0.25, 0.3) is 27.9 Å². The lowest BCUT2D eigenvalue weighted by Gasteiger charge is -2.11. The molecule has 0 aliphatic heterocycles.